The summed E-state index contributed by atoms with van der Waals surface area (Å²) in [6.45, 7) is 12.7. The molecule has 2 aromatic rings. The molecule has 0 radical (unpaired) electrons. The number of carbonyl (C=O) groups is 1. The zero-order valence-corrected chi connectivity index (χ0v) is 18.7. The lowest BCUT2D eigenvalue weighted by Crippen LogP contribution is -2.41. The molecule has 0 aromatic heterocycles. The summed E-state index contributed by atoms with van der Waals surface area (Å²) in [7, 11) is 0. The Morgan fingerprint density at radius 1 is 0.897 bits per heavy atom. The molecule has 0 N–H and O–H groups in total. The van der Waals surface area contributed by atoms with Crippen LogP contribution in [0.1, 0.15) is 64.0 Å². The number of amides is 1. The van der Waals surface area contributed by atoms with Gasteiger partial charge in [-0.05, 0) is 56.9 Å². The monoisotopic (exact) mass is 394 g/mol. The molecule has 0 bridgehead atoms. The average Bonchev–Trinajstić information content (AvgIpc) is 2.77. The van der Waals surface area contributed by atoms with Crippen LogP contribution in [0.3, 0.4) is 0 Å². The highest BCUT2D eigenvalue weighted by Crippen LogP contribution is 2.25. The van der Waals surface area contributed by atoms with E-state index in [1.165, 1.54) is 5.56 Å². The molecular weight excluding hydrogens is 356 g/mol. The van der Waals surface area contributed by atoms with Gasteiger partial charge in [0.15, 0.2) is 0 Å². The fourth-order valence-electron chi connectivity index (χ4n) is 3.98. The summed E-state index contributed by atoms with van der Waals surface area (Å²) in [6.07, 6.45) is 2.96. The van der Waals surface area contributed by atoms with Crippen molar-refractivity contribution in [2.24, 2.45) is 0 Å². The number of hydrogen-bond donors (Lipinski definition) is 0. The van der Waals surface area contributed by atoms with Crippen LogP contribution in [0.25, 0.3) is 0 Å². The van der Waals surface area contributed by atoms with Gasteiger partial charge >= 0.3 is 0 Å². The lowest BCUT2D eigenvalue weighted by Gasteiger charge is -2.33. The Morgan fingerprint density at radius 3 is 2.03 bits per heavy atom. The third-order valence-electron chi connectivity index (χ3n) is 5.91. The Hall–Kier alpha value is -2.13. The van der Waals surface area contributed by atoms with E-state index in [0.29, 0.717) is 6.54 Å². The zero-order chi connectivity index (χ0) is 21.1. The van der Waals surface area contributed by atoms with Crippen molar-refractivity contribution in [2.75, 3.05) is 19.6 Å². The number of benzene rings is 2. The quantitative estimate of drug-likeness (QED) is 0.460. The van der Waals surface area contributed by atoms with Gasteiger partial charge in [-0.1, -0.05) is 81.4 Å². The van der Waals surface area contributed by atoms with Crippen molar-refractivity contribution < 1.29 is 4.79 Å². The van der Waals surface area contributed by atoms with Crippen LogP contribution in [-0.2, 0) is 11.3 Å². The van der Waals surface area contributed by atoms with Gasteiger partial charge in [-0.3, -0.25) is 4.79 Å². The highest BCUT2D eigenvalue weighted by molar-refractivity contribution is 5.84. The molecule has 0 aliphatic carbocycles. The van der Waals surface area contributed by atoms with Crippen molar-refractivity contribution in [3.8, 4) is 0 Å². The molecule has 2 atom stereocenters. The van der Waals surface area contributed by atoms with Gasteiger partial charge in [-0.25, -0.2) is 0 Å². The Balaban J connectivity index is 2.16. The number of rotatable bonds is 12. The standard InChI is InChI=1S/C26H38N2O/c1-5-25(24-18-12-9-13-19-24)26(29)28(21-23-16-10-8-11-17-23)22(4)15-14-20-27(6-2)7-3/h8-13,16-19,22,25H,5-7,14-15,20-21H2,1-4H3. The van der Waals surface area contributed by atoms with Gasteiger partial charge in [0.2, 0.25) is 5.91 Å². The van der Waals surface area contributed by atoms with Crippen LogP contribution in [0.2, 0.25) is 0 Å². The maximum Gasteiger partial charge on any atom is 0.230 e. The molecule has 0 aliphatic rings. The molecule has 0 saturated heterocycles. The maximum atomic E-state index is 13.6. The first-order valence-electron chi connectivity index (χ1n) is 11.2. The topological polar surface area (TPSA) is 23.6 Å². The Kier molecular flexibility index (Phi) is 9.93. The van der Waals surface area contributed by atoms with Crippen LogP contribution in [0.5, 0.6) is 0 Å². The van der Waals surface area contributed by atoms with Crippen molar-refractivity contribution >= 4 is 5.91 Å². The molecule has 0 fully saturated rings. The summed E-state index contributed by atoms with van der Waals surface area (Å²) >= 11 is 0. The fraction of sp³-hybridized carbons (Fsp3) is 0.500. The van der Waals surface area contributed by atoms with E-state index in [4.69, 9.17) is 0 Å². The molecule has 2 rings (SSSR count). The van der Waals surface area contributed by atoms with Gasteiger partial charge in [-0.2, -0.15) is 0 Å². The van der Waals surface area contributed by atoms with Crippen LogP contribution in [-0.4, -0.2) is 41.4 Å². The average molecular weight is 395 g/mol. The van der Waals surface area contributed by atoms with E-state index in [9.17, 15) is 4.79 Å². The zero-order valence-electron chi connectivity index (χ0n) is 18.7. The van der Waals surface area contributed by atoms with Gasteiger partial charge in [0.05, 0.1) is 5.92 Å². The van der Waals surface area contributed by atoms with Gasteiger partial charge in [-0.15, -0.1) is 0 Å². The highest BCUT2D eigenvalue weighted by atomic mass is 16.2. The lowest BCUT2D eigenvalue weighted by molar-refractivity contribution is -0.135. The minimum atomic E-state index is -0.0786. The van der Waals surface area contributed by atoms with Crippen LogP contribution < -0.4 is 0 Å². The van der Waals surface area contributed by atoms with Crippen LogP contribution in [0, 0.1) is 0 Å². The second-order valence-corrected chi connectivity index (χ2v) is 7.84. The van der Waals surface area contributed by atoms with Gasteiger partial charge in [0.1, 0.15) is 0 Å². The molecule has 0 aliphatic heterocycles. The molecule has 0 heterocycles. The largest absolute Gasteiger partial charge is 0.335 e. The predicted molar refractivity (Wildman–Crippen MR) is 123 cm³/mol. The Morgan fingerprint density at radius 2 is 1.48 bits per heavy atom. The van der Waals surface area contributed by atoms with E-state index >= 15 is 0 Å². The second-order valence-electron chi connectivity index (χ2n) is 7.84. The summed E-state index contributed by atoms with van der Waals surface area (Å²) in [6, 6.07) is 20.8. The summed E-state index contributed by atoms with van der Waals surface area (Å²) in [5.41, 5.74) is 2.31. The molecule has 0 spiro atoms. The van der Waals surface area contributed by atoms with E-state index in [1.54, 1.807) is 0 Å². The first kappa shape index (κ1) is 23.2. The summed E-state index contributed by atoms with van der Waals surface area (Å²) in [5.74, 6) is 0.169. The number of nitrogens with zero attached hydrogens (tertiary/aromatic N) is 2. The summed E-state index contributed by atoms with van der Waals surface area (Å²) < 4.78 is 0. The lowest BCUT2D eigenvalue weighted by atomic mass is 9.93. The molecule has 158 valence electrons. The summed E-state index contributed by atoms with van der Waals surface area (Å²) in [4.78, 5) is 18.2. The Labute approximate surface area is 177 Å². The summed E-state index contributed by atoms with van der Waals surface area (Å²) in [5, 5.41) is 0. The van der Waals surface area contributed by atoms with Crippen molar-refractivity contribution in [1.82, 2.24) is 9.80 Å². The van der Waals surface area contributed by atoms with E-state index in [2.05, 4.69) is 73.9 Å². The smallest absolute Gasteiger partial charge is 0.230 e. The van der Waals surface area contributed by atoms with E-state index < -0.39 is 0 Å². The van der Waals surface area contributed by atoms with Crippen LogP contribution in [0.4, 0.5) is 0 Å². The molecule has 3 heteroatoms. The molecule has 3 nitrogen and oxygen atoms in total. The number of carbonyl (C=O) groups excluding carboxylic acids is 1. The van der Waals surface area contributed by atoms with E-state index in [1.807, 2.05) is 24.3 Å². The molecule has 1 amide bonds. The second kappa shape index (κ2) is 12.4. The van der Waals surface area contributed by atoms with Crippen molar-refractivity contribution in [1.29, 1.82) is 0 Å². The molecular formula is C26H38N2O. The van der Waals surface area contributed by atoms with Crippen LogP contribution in [0.15, 0.2) is 60.7 Å². The molecule has 29 heavy (non-hydrogen) atoms. The highest BCUT2D eigenvalue weighted by Gasteiger charge is 2.27. The van der Waals surface area contributed by atoms with Gasteiger partial charge in [0, 0.05) is 12.6 Å². The van der Waals surface area contributed by atoms with Gasteiger partial charge in [0.25, 0.3) is 0 Å². The van der Waals surface area contributed by atoms with E-state index in [0.717, 1.165) is 44.5 Å². The first-order valence-corrected chi connectivity index (χ1v) is 11.2. The van der Waals surface area contributed by atoms with Crippen molar-refractivity contribution in [3.63, 3.8) is 0 Å². The van der Waals surface area contributed by atoms with Gasteiger partial charge < -0.3 is 9.80 Å². The molecule has 2 aromatic carbocycles. The fourth-order valence-corrected chi connectivity index (χ4v) is 3.98. The van der Waals surface area contributed by atoms with Crippen molar-refractivity contribution in [3.05, 3.63) is 71.8 Å². The van der Waals surface area contributed by atoms with Crippen LogP contribution >= 0.6 is 0 Å². The Bertz CT molecular complexity index is 697. The third kappa shape index (κ3) is 7.01. The molecule has 0 saturated carbocycles. The minimum absolute atomic E-state index is 0.0786. The first-order chi connectivity index (χ1) is 14.1. The van der Waals surface area contributed by atoms with Crippen molar-refractivity contribution in [2.45, 2.75) is 65.5 Å². The SMILES string of the molecule is CCC(C(=O)N(Cc1ccccc1)C(C)CCCN(CC)CC)c1ccccc1. The van der Waals surface area contributed by atoms with E-state index in [-0.39, 0.29) is 17.9 Å². The normalized spacial score (nSPS) is 13.3. The predicted octanol–water partition coefficient (Wildman–Crippen LogP) is 5.72. The minimum Gasteiger partial charge on any atom is -0.335 e. The maximum absolute atomic E-state index is 13.6. The third-order valence-corrected chi connectivity index (χ3v) is 5.91. The number of hydrogen-bond acceptors (Lipinski definition) is 2. The molecule has 2 unspecified atom stereocenters.